The highest BCUT2D eigenvalue weighted by Gasteiger charge is 2.29. The van der Waals surface area contributed by atoms with Crippen LogP contribution in [-0.4, -0.2) is 37.0 Å². The van der Waals surface area contributed by atoms with Gasteiger partial charge in [0.2, 0.25) is 5.91 Å². The highest BCUT2D eigenvalue weighted by molar-refractivity contribution is 5.78. The van der Waals surface area contributed by atoms with E-state index in [0.29, 0.717) is 6.61 Å². The van der Waals surface area contributed by atoms with Crippen LogP contribution in [0, 0.1) is 5.92 Å². The summed E-state index contributed by atoms with van der Waals surface area (Å²) in [5.41, 5.74) is 7.16. The molecule has 2 N–H and O–H groups in total. The standard InChI is InChI=1S/C18H28N2O2/c1-3-14-6-4-7-17(12-14)22-11-5-10-20(2)18(21)15-8-9-16(19)13-15/h4,6-7,12,15-16H,3,5,8-11,13,19H2,1-2H3/t15-,16+/m0/s1. The Hall–Kier alpha value is -1.55. The van der Waals surface area contributed by atoms with Gasteiger partial charge in [-0.1, -0.05) is 19.1 Å². The van der Waals surface area contributed by atoms with Gasteiger partial charge in [-0.25, -0.2) is 0 Å². The van der Waals surface area contributed by atoms with Gasteiger partial charge in [0.15, 0.2) is 0 Å². The second kappa shape index (κ2) is 8.18. The van der Waals surface area contributed by atoms with E-state index in [4.69, 9.17) is 10.5 Å². The number of nitrogens with two attached hydrogens (primary N) is 1. The predicted octanol–water partition coefficient (Wildman–Crippen LogP) is 2.60. The molecular weight excluding hydrogens is 276 g/mol. The van der Waals surface area contributed by atoms with Crippen LogP contribution in [0.25, 0.3) is 0 Å². The molecule has 0 spiro atoms. The van der Waals surface area contributed by atoms with E-state index in [2.05, 4.69) is 19.1 Å². The first-order chi connectivity index (χ1) is 10.6. The highest BCUT2D eigenvalue weighted by Crippen LogP contribution is 2.25. The van der Waals surface area contributed by atoms with Crippen LogP contribution < -0.4 is 10.5 Å². The molecule has 122 valence electrons. The minimum Gasteiger partial charge on any atom is -0.494 e. The summed E-state index contributed by atoms with van der Waals surface area (Å²) in [5, 5.41) is 0. The van der Waals surface area contributed by atoms with Crippen LogP contribution in [0.1, 0.15) is 38.2 Å². The third-order valence-electron chi connectivity index (χ3n) is 4.41. The Morgan fingerprint density at radius 2 is 2.23 bits per heavy atom. The Bertz CT molecular complexity index is 490. The molecule has 1 fully saturated rings. The van der Waals surface area contributed by atoms with Crippen LogP contribution in [0.15, 0.2) is 24.3 Å². The van der Waals surface area contributed by atoms with E-state index < -0.39 is 0 Å². The first-order valence-electron chi connectivity index (χ1n) is 8.32. The number of ether oxygens (including phenoxy) is 1. The SMILES string of the molecule is CCc1cccc(OCCCN(C)C(=O)[C@H]2CC[C@@H](N)C2)c1. The van der Waals surface area contributed by atoms with Crippen LogP contribution in [0.4, 0.5) is 0 Å². The molecule has 1 aliphatic rings. The molecule has 0 aromatic heterocycles. The quantitative estimate of drug-likeness (QED) is 0.788. The molecule has 0 unspecified atom stereocenters. The molecule has 0 aliphatic heterocycles. The maximum absolute atomic E-state index is 12.3. The van der Waals surface area contributed by atoms with Crippen molar-refractivity contribution in [3.05, 3.63) is 29.8 Å². The maximum Gasteiger partial charge on any atom is 0.225 e. The van der Waals surface area contributed by atoms with Crippen molar-refractivity contribution >= 4 is 5.91 Å². The zero-order valence-corrected chi connectivity index (χ0v) is 13.8. The molecule has 1 aliphatic carbocycles. The van der Waals surface area contributed by atoms with Crippen LogP contribution in [-0.2, 0) is 11.2 Å². The van der Waals surface area contributed by atoms with Gasteiger partial charge < -0.3 is 15.4 Å². The Kier molecular flexibility index (Phi) is 6.25. The number of amides is 1. The Morgan fingerprint density at radius 3 is 2.91 bits per heavy atom. The van der Waals surface area contributed by atoms with Crippen molar-refractivity contribution in [3.8, 4) is 5.75 Å². The number of nitrogens with zero attached hydrogens (tertiary/aromatic N) is 1. The summed E-state index contributed by atoms with van der Waals surface area (Å²) < 4.78 is 5.76. The molecule has 4 heteroatoms. The van der Waals surface area contributed by atoms with Crippen LogP contribution in [0.2, 0.25) is 0 Å². The molecule has 2 rings (SSSR count). The monoisotopic (exact) mass is 304 g/mol. The van der Waals surface area contributed by atoms with Crippen molar-refractivity contribution in [1.82, 2.24) is 4.90 Å². The smallest absolute Gasteiger partial charge is 0.225 e. The summed E-state index contributed by atoms with van der Waals surface area (Å²) in [6.45, 7) is 3.50. The Labute approximate surface area is 133 Å². The van der Waals surface area contributed by atoms with Crippen molar-refractivity contribution in [1.29, 1.82) is 0 Å². The zero-order valence-electron chi connectivity index (χ0n) is 13.8. The Balaban J connectivity index is 1.68. The lowest BCUT2D eigenvalue weighted by atomic mass is 10.1. The number of hydrogen-bond acceptors (Lipinski definition) is 3. The number of carbonyl (C=O) groups excluding carboxylic acids is 1. The Morgan fingerprint density at radius 1 is 1.41 bits per heavy atom. The second-order valence-electron chi connectivity index (χ2n) is 6.23. The third kappa shape index (κ3) is 4.73. The number of carbonyl (C=O) groups is 1. The van der Waals surface area contributed by atoms with E-state index in [1.807, 2.05) is 24.1 Å². The topological polar surface area (TPSA) is 55.6 Å². The van der Waals surface area contributed by atoms with E-state index in [1.165, 1.54) is 5.56 Å². The molecule has 2 atom stereocenters. The molecule has 0 bridgehead atoms. The number of hydrogen-bond donors (Lipinski definition) is 1. The van der Waals surface area contributed by atoms with Crippen molar-refractivity contribution in [2.75, 3.05) is 20.2 Å². The molecule has 1 saturated carbocycles. The van der Waals surface area contributed by atoms with Crippen LogP contribution in [0.3, 0.4) is 0 Å². The first kappa shape index (κ1) is 16.8. The van der Waals surface area contributed by atoms with Gasteiger partial charge in [0.25, 0.3) is 0 Å². The van der Waals surface area contributed by atoms with Gasteiger partial charge >= 0.3 is 0 Å². The third-order valence-corrected chi connectivity index (χ3v) is 4.41. The fourth-order valence-corrected chi connectivity index (χ4v) is 3.01. The highest BCUT2D eigenvalue weighted by atomic mass is 16.5. The lowest BCUT2D eigenvalue weighted by Crippen LogP contribution is -2.33. The van der Waals surface area contributed by atoms with E-state index in [1.54, 1.807) is 0 Å². The van der Waals surface area contributed by atoms with Gasteiger partial charge in [-0.2, -0.15) is 0 Å². The van der Waals surface area contributed by atoms with E-state index in [0.717, 1.165) is 44.4 Å². The average molecular weight is 304 g/mol. The van der Waals surface area contributed by atoms with Crippen molar-refractivity contribution in [3.63, 3.8) is 0 Å². The van der Waals surface area contributed by atoms with Crippen molar-refractivity contribution in [2.24, 2.45) is 11.7 Å². The molecule has 4 nitrogen and oxygen atoms in total. The first-order valence-corrected chi connectivity index (χ1v) is 8.32. The van der Waals surface area contributed by atoms with Gasteiger partial charge in [0.05, 0.1) is 6.61 Å². The summed E-state index contributed by atoms with van der Waals surface area (Å²) in [6, 6.07) is 8.39. The number of aryl methyl sites for hydroxylation is 1. The molecule has 1 aromatic rings. The largest absolute Gasteiger partial charge is 0.494 e. The van der Waals surface area contributed by atoms with Gasteiger partial charge in [-0.3, -0.25) is 4.79 Å². The van der Waals surface area contributed by atoms with Crippen molar-refractivity contribution in [2.45, 2.75) is 45.1 Å². The maximum atomic E-state index is 12.3. The summed E-state index contributed by atoms with van der Waals surface area (Å²) in [5.74, 6) is 1.28. The molecule has 0 saturated heterocycles. The van der Waals surface area contributed by atoms with Crippen LogP contribution in [0.5, 0.6) is 5.75 Å². The molecule has 0 radical (unpaired) electrons. The summed E-state index contributed by atoms with van der Waals surface area (Å²) >= 11 is 0. The molecular formula is C18H28N2O2. The molecule has 1 amide bonds. The van der Waals surface area contributed by atoms with Crippen LogP contribution >= 0.6 is 0 Å². The number of rotatable bonds is 7. The number of benzene rings is 1. The average Bonchev–Trinajstić information content (AvgIpc) is 2.97. The molecule has 0 heterocycles. The lowest BCUT2D eigenvalue weighted by molar-refractivity contribution is -0.134. The zero-order chi connectivity index (χ0) is 15.9. The normalized spacial score (nSPS) is 20.9. The van der Waals surface area contributed by atoms with Gasteiger partial charge in [-0.05, 0) is 49.8 Å². The fraction of sp³-hybridized carbons (Fsp3) is 0.611. The fourth-order valence-electron chi connectivity index (χ4n) is 3.01. The van der Waals surface area contributed by atoms with Gasteiger partial charge in [-0.15, -0.1) is 0 Å². The van der Waals surface area contributed by atoms with E-state index in [-0.39, 0.29) is 17.9 Å². The second-order valence-corrected chi connectivity index (χ2v) is 6.23. The van der Waals surface area contributed by atoms with Gasteiger partial charge in [0.1, 0.15) is 5.75 Å². The summed E-state index contributed by atoms with van der Waals surface area (Å²) in [7, 11) is 1.88. The molecule has 1 aromatic carbocycles. The van der Waals surface area contributed by atoms with E-state index in [9.17, 15) is 4.79 Å². The van der Waals surface area contributed by atoms with Gasteiger partial charge in [0, 0.05) is 25.6 Å². The van der Waals surface area contributed by atoms with Crippen molar-refractivity contribution < 1.29 is 9.53 Å². The molecule has 22 heavy (non-hydrogen) atoms. The lowest BCUT2D eigenvalue weighted by Gasteiger charge is -2.21. The minimum atomic E-state index is 0.127. The minimum absolute atomic E-state index is 0.127. The summed E-state index contributed by atoms with van der Waals surface area (Å²) in [4.78, 5) is 14.1. The van der Waals surface area contributed by atoms with E-state index >= 15 is 0 Å². The predicted molar refractivity (Wildman–Crippen MR) is 88.9 cm³/mol. The summed E-state index contributed by atoms with van der Waals surface area (Å²) in [6.07, 6.45) is 4.60.